The van der Waals surface area contributed by atoms with Gasteiger partial charge in [0.05, 0.1) is 0 Å². The predicted molar refractivity (Wildman–Crippen MR) is 73.7 cm³/mol. The van der Waals surface area contributed by atoms with Crippen molar-refractivity contribution in [3.63, 3.8) is 0 Å². The van der Waals surface area contributed by atoms with Crippen molar-refractivity contribution in [1.82, 2.24) is 4.90 Å². The molecule has 1 aliphatic heterocycles. The molecule has 1 heterocycles. The molecule has 0 aliphatic carbocycles. The highest BCUT2D eigenvalue weighted by Gasteiger charge is 2.26. The smallest absolute Gasteiger partial charge is 0.253 e. The Balaban J connectivity index is 2.03. The number of likely N-dealkylation sites (tertiary alicyclic amines) is 1. The molecule has 1 aliphatic rings. The minimum absolute atomic E-state index is 0.115. The SMILES string of the molecule is CC(Cl)C1CCN(C(=O)c2ccc(O)c(O)c2)CC1. The number of phenolic OH excluding ortho intramolecular Hbond substituents is 2. The number of nitrogens with zero attached hydrogens (tertiary/aromatic N) is 1. The van der Waals surface area contributed by atoms with Crippen LogP contribution in [0.2, 0.25) is 0 Å². The third-order valence-electron chi connectivity index (χ3n) is 3.70. The molecule has 1 aromatic carbocycles. The van der Waals surface area contributed by atoms with Crippen molar-refractivity contribution in [1.29, 1.82) is 0 Å². The van der Waals surface area contributed by atoms with Crippen molar-refractivity contribution < 1.29 is 15.0 Å². The molecule has 19 heavy (non-hydrogen) atoms. The maximum Gasteiger partial charge on any atom is 0.253 e. The first-order valence-corrected chi connectivity index (χ1v) is 6.88. The van der Waals surface area contributed by atoms with E-state index in [0.717, 1.165) is 12.8 Å². The van der Waals surface area contributed by atoms with Crippen LogP contribution in [-0.2, 0) is 0 Å². The van der Waals surface area contributed by atoms with Crippen LogP contribution in [0.15, 0.2) is 18.2 Å². The number of hydrogen-bond donors (Lipinski definition) is 2. The fourth-order valence-corrected chi connectivity index (χ4v) is 2.65. The zero-order valence-corrected chi connectivity index (χ0v) is 11.6. The van der Waals surface area contributed by atoms with Gasteiger partial charge in [0.1, 0.15) is 0 Å². The summed E-state index contributed by atoms with van der Waals surface area (Å²) in [6.45, 7) is 3.35. The number of carbonyl (C=O) groups excluding carboxylic acids is 1. The molecule has 1 amide bonds. The quantitative estimate of drug-likeness (QED) is 0.648. The number of alkyl halides is 1. The standard InChI is InChI=1S/C14H18ClNO3/c1-9(15)10-4-6-16(7-5-10)14(19)11-2-3-12(17)13(18)8-11/h2-3,8-10,17-18H,4-7H2,1H3. The lowest BCUT2D eigenvalue weighted by atomic mass is 9.93. The molecule has 1 atom stereocenters. The van der Waals surface area contributed by atoms with Gasteiger partial charge in [-0.2, -0.15) is 0 Å². The number of halogens is 1. The van der Waals surface area contributed by atoms with E-state index < -0.39 is 0 Å². The van der Waals surface area contributed by atoms with Crippen molar-refractivity contribution in [2.24, 2.45) is 5.92 Å². The Morgan fingerprint density at radius 3 is 2.47 bits per heavy atom. The van der Waals surface area contributed by atoms with Gasteiger partial charge in [0.25, 0.3) is 5.91 Å². The Morgan fingerprint density at radius 2 is 1.95 bits per heavy atom. The molecule has 5 heteroatoms. The van der Waals surface area contributed by atoms with E-state index in [2.05, 4.69) is 0 Å². The van der Waals surface area contributed by atoms with Crippen molar-refractivity contribution >= 4 is 17.5 Å². The zero-order valence-electron chi connectivity index (χ0n) is 10.8. The lowest BCUT2D eigenvalue weighted by Crippen LogP contribution is -2.40. The van der Waals surface area contributed by atoms with E-state index in [1.165, 1.54) is 18.2 Å². The van der Waals surface area contributed by atoms with Crippen molar-refractivity contribution in [3.05, 3.63) is 23.8 Å². The molecule has 2 rings (SSSR count). The summed E-state index contributed by atoms with van der Waals surface area (Å²) in [5.41, 5.74) is 0.396. The van der Waals surface area contributed by atoms with Gasteiger partial charge in [-0.1, -0.05) is 0 Å². The lowest BCUT2D eigenvalue weighted by Gasteiger charge is -2.33. The molecule has 1 saturated heterocycles. The maximum absolute atomic E-state index is 12.2. The van der Waals surface area contributed by atoms with Crippen LogP contribution in [0, 0.1) is 5.92 Å². The van der Waals surface area contributed by atoms with Crippen molar-refractivity contribution in [2.45, 2.75) is 25.1 Å². The van der Waals surface area contributed by atoms with Crippen LogP contribution in [0.1, 0.15) is 30.1 Å². The van der Waals surface area contributed by atoms with Gasteiger partial charge in [0, 0.05) is 24.0 Å². The lowest BCUT2D eigenvalue weighted by molar-refractivity contribution is 0.0689. The van der Waals surface area contributed by atoms with Crippen LogP contribution < -0.4 is 0 Å². The van der Waals surface area contributed by atoms with E-state index in [0.29, 0.717) is 24.6 Å². The average molecular weight is 284 g/mol. The molecule has 0 bridgehead atoms. The molecule has 0 saturated carbocycles. The molecule has 0 spiro atoms. The first-order chi connectivity index (χ1) is 8.99. The summed E-state index contributed by atoms with van der Waals surface area (Å²) in [6, 6.07) is 4.15. The van der Waals surface area contributed by atoms with Crippen LogP contribution in [0.25, 0.3) is 0 Å². The molecule has 4 nitrogen and oxygen atoms in total. The number of aromatic hydroxyl groups is 2. The fourth-order valence-electron chi connectivity index (χ4n) is 2.40. The fraction of sp³-hybridized carbons (Fsp3) is 0.500. The summed E-state index contributed by atoms with van der Waals surface area (Å²) in [5, 5.41) is 18.8. The highest BCUT2D eigenvalue weighted by molar-refractivity contribution is 6.20. The minimum atomic E-state index is -0.268. The van der Waals surface area contributed by atoms with Gasteiger partial charge in [-0.25, -0.2) is 0 Å². The summed E-state index contributed by atoms with van der Waals surface area (Å²) >= 11 is 6.07. The van der Waals surface area contributed by atoms with E-state index in [-0.39, 0.29) is 22.8 Å². The number of benzene rings is 1. The third kappa shape index (κ3) is 3.13. The van der Waals surface area contributed by atoms with Gasteiger partial charge in [-0.15, -0.1) is 11.6 Å². The third-order valence-corrected chi connectivity index (χ3v) is 4.06. The highest BCUT2D eigenvalue weighted by atomic mass is 35.5. The van der Waals surface area contributed by atoms with Crippen molar-refractivity contribution in [2.75, 3.05) is 13.1 Å². The van der Waals surface area contributed by atoms with Gasteiger partial charge < -0.3 is 15.1 Å². The second kappa shape index (κ2) is 5.70. The Bertz CT molecular complexity index is 468. The number of hydrogen-bond acceptors (Lipinski definition) is 3. The largest absolute Gasteiger partial charge is 0.504 e. The van der Waals surface area contributed by atoms with E-state index in [1.807, 2.05) is 6.92 Å². The Morgan fingerprint density at radius 1 is 1.32 bits per heavy atom. The summed E-state index contributed by atoms with van der Waals surface area (Å²) in [6.07, 6.45) is 1.81. The summed E-state index contributed by atoms with van der Waals surface area (Å²) in [7, 11) is 0. The number of amides is 1. The molecular weight excluding hydrogens is 266 g/mol. The first-order valence-electron chi connectivity index (χ1n) is 6.44. The Kier molecular flexibility index (Phi) is 4.20. The number of carbonyl (C=O) groups is 1. The topological polar surface area (TPSA) is 60.8 Å². The summed E-state index contributed by atoms with van der Waals surface area (Å²) in [4.78, 5) is 14.0. The molecule has 1 fully saturated rings. The summed E-state index contributed by atoms with van der Waals surface area (Å²) < 4.78 is 0. The normalized spacial score (nSPS) is 18.3. The molecule has 104 valence electrons. The zero-order chi connectivity index (χ0) is 14.0. The number of piperidine rings is 1. The van der Waals surface area contributed by atoms with Gasteiger partial charge in [-0.05, 0) is 43.9 Å². The second-order valence-electron chi connectivity index (χ2n) is 5.01. The van der Waals surface area contributed by atoms with Crippen LogP contribution >= 0.6 is 11.6 Å². The Hall–Kier alpha value is -1.42. The van der Waals surface area contributed by atoms with Gasteiger partial charge in [0.2, 0.25) is 0 Å². The molecule has 0 radical (unpaired) electrons. The maximum atomic E-state index is 12.2. The van der Waals surface area contributed by atoms with Crippen LogP contribution in [0.4, 0.5) is 0 Å². The monoisotopic (exact) mass is 283 g/mol. The molecule has 0 aromatic heterocycles. The highest BCUT2D eigenvalue weighted by Crippen LogP contribution is 2.28. The molecule has 1 unspecified atom stereocenters. The molecule has 1 aromatic rings. The number of phenols is 2. The second-order valence-corrected chi connectivity index (χ2v) is 5.70. The van der Waals surface area contributed by atoms with Crippen LogP contribution in [0.3, 0.4) is 0 Å². The average Bonchev–Trinajstić information content (AvgIpc) is 2.41. The molecular formula is C14H18ClNO3. The summed E-state index contributed by atoms with van der Waals surface area (Å²) in [5.74, 6) is -0.142. The van der Waals surface area contributed by atoms with Gasteiger partial charge >= 0.3 is 0 Å². The van der Waals surface area contributed by atoms with Crippen LogP contribution in [0.5, 0.6) is 11.5 Å². The van der Waals surface area contributed by atoms with E-state index in [1.54, 1.807) is 4.90 Å². The van der Waals surface area contributed by atoms with Gasteiger partial charge in [-0.3, -0.25) is 4.79 Å². The predicted octanol–water partition coefficient (Wildman–Crippen LogP) is 2.58. The molecule has 2 N–H and O–H groups in total. The first kappa shape index (κ1) is 14.0. The van der Waals surface area contributed by atoms with Crippen molar-refractivity contribution in [3.8, 4) is 11.5 Å². The van der Waals surface area contributed by atoms with E-state index >= 15 is 0 Å². The minimum Gasteiger partial charge on any atom is -0.504 e. The van der Waals surface area contributed by atoms with E-state index in [4.69, 9.17) is 11.6 Å². The van der Waals surface area contributed by atoms with Gasteiger partial charge in [0.15, 0.2) is 11.5 Å². The number of rotatable bonds is 2. The van der Waals surface area contributed by atoms with Crippen LogP contribution in [-0.4, -0.2) is 39.5 Å². The Labute approximate surface area is 117 Å². The van der Waals surface area contributed by atoms with E-state index in [9.17, 15) is 15.0 Å².